The summed E-state index contributed by atoms with van der Waals surface area (Å²) in [6, 6.07) is 6.52. The summed E-state index contributed by atoms with van der Waals surface area (Å²) < 4.78 is 2.01. The molecule has 0 unspecified atom stereocenters. The Bertz CT molecular complexity index is 708. The first kappa shape index (κ1) is 15.8. The fourth-order valence-electron chi connectivity index (χ4n) is 4.65. The van der Waals surface area contributed by atoms with Crippen molar-refractivity contribution in [3.63, 3.8) is 0 Å². The summed E-state index contributed by atoms with van der Waals surface area (Å²) in [5.74, 6) is 1.05. The summed E-state index contributed by atoms with van der Waals surface area (Å²) in [6.45, 7) is 6.64. The SMILES string of the molecule is Cc1ccc(-n2nnnc2C2(N3CCCC3)CCCCC2)c(C)c1. The van der Waals surface area contributed by atoms with Crippen molar-refractivity contribution in [2.24, 2.45) is 0 Å². The molecule has 2 aliphatic rings. The Balaban J connectivity index is 1.81. The van der Waals surface area contributed by atoms with E-state index in [1.165, 1.54) is 69.2 Å². The van der Waals surface area contributed by atoms with Crippen molar-refractivity contribution in [2.75, 3.05) is 13.1 Å². The van der Waals surface area contributed by atoms with Crippen LogP contribution in [0.4, 0.5) is 0 Å². The summed E-state index contributed by atoms with van der Waals surface area (Å²) in [7, 11) is 0. The highest BCUT2D eigenvalue weighted by Gasteiger charge is 2.45. The summed E-state index contributed by atoms with van der Waals surface area (Å²) in [4.78, 5) is 2.66. The van der Waals surface area contributed by atoms with E-state index >= 15 is 0 Å². The number of aryl methyl sites for hydroxylation is 2. The number of nitrogens with zero attached hydrogens (tertiary/aromatic N) is 5. The van der Waals surface area contributed by atoms with Gasteiger partial charge in [0.25, 0.3) is 0 Å². The van der Waals surface area contributed by atoms with Gasteiger partial charge in [-0.3, -0.25) is 4.90 Å². The Morgan fingerprint density at radius 2 is 1.71 bits per heavy atom. The molecule has 0 bridgehead atoms. The smallest absolute Gasteiger partial charge is 0.176 e. The molecule has 128 valence electrons. The maximum absolute atomic E-state index is 4.56. The molecule has 1 aliphatic heterocycles. The van der Waals surface area contributed by atoms with Gasteiger partial charge in [0, 0.05) is 0 Å². The standard InChI is InChI=1S/C19H27N5/c1-15-8-9-17(16(2)14-15)24-18(20-21-22-24)19(10-4-3-5-11-19)23-12-6-7-13-23/h8-9,14H,3-7,10-13H2,1-2H3. The minimum absolute atomic E-state index is 0.0234. The first-order valence-electron chi connectivity index (χ1n) is 9.32. The predicted molar refractivity (Wildman–Crippen MR) is 94.2 cm³/mol. The molecular weight excluding hydrogens is 298 g/mol. The minimum Gasteiger partial charge on any atom is -0.291 e. The van der Waals surface area contributed by atoms with Crippen molar-refractivity contribution in [1.82, 2.24) is 25.1 Å². The van der Waals surface area contributed by atoms with Gasteiger partial charge in [0.2, 0.25) is 0 Å². The molecule has 4 rings (SSSR count). The molecule has 2 aromatic rings. The highest BCUT2D eigenvalue weighted by atomic mass is 15.6. The Hall–Kier alpha value is -1.75. The van der Waals surface area contributed by atoms with Crippen LogP contribution in [-0.4, -0.2) is 38.2 Å². The summed E-state index contributed by atoms with van der Waals surface area (Å²) in [6.07, 6.45) is 8.84. The van der Waals surface area contributed by atoms with E-state index in [1.54, 1.807) is 0 Å². The molecule has 1 saturated heterocycles. The van der Waals surface area contributed by atoms with Gasteiger partial charge in [-0.25, -0.2) is 0 Å². The lowest BCUT2D eigenvalue weighted by atomic mass is 9.79. The fourth-order valence-corrected chi connectivity index (χ4v) is 4.65. The van der Waals surface area contributed by atoms with Crippen LogP contribution in [0.25, 0.3) is 5.69 Å². The van der Waals surface area contributed by atoms with Crippen molar-refractivity contribution >= 4 is 0 Å². The molecule has 0 atom stereocenters. The van der Waals surface area contributed by atoms with Crippen LogP contribution in [0.2, 0.25) is 0 Å². The highest BCUT2D eigenvalue weighted by Crippen LogP contribution is 2.43. The third-order valence-electron chi connectivity index (χ3n) is 5.86. The zero-order valence-electron chi connectivity index (χ0n) is 14.8. The molecule has 1 aromatic carbocycles. The van der Waals surface area contributed by atoms with E-state index in [4.69, 9.17) is 0 Å². The van der Waals surface area contributed by atoms with Gasteiger partial charge >= 0.3 is 0 Å². The first-order chi connectivity index (χ1) is 11.7. The van der Waals surface area contributed by atoms with Crippen molar-refractivity contribution in [3.05, 3.63) is 35.2 Å². The fraction of sp³-hybridized carbons (Fsp3) is 0.632. The largest absolute Gasteiger partial charge is 0.291 e. The van der Waals surface area contributed by atoms with Crippen LogP contribution in [0.15, 0.2) is 18.2 Å². The Morgan fingerprint density at radius 1 is 0.958 bits per heavy atom. The summed E-state index contributed by atoms with van der Waals surface area (Å²) in [5, 5.41) is 13.0. The second kappa shape index (κ2) is 6.28. The van der Waals surface area contributed by atoms with Gasteiger partial charge in [-0.1, -0.05) is 37.0 Å². The van der Waals surface area contributed by atoms with Crippen molar-refractivity contribution in [3.8, 4) is 5.69 Å². The molecule has 0 amide bonds. The highest BCUT2D eigenvalue weighted by molar-refractivity contribution is 5.42. The number of tetrazole rings is 1. The normalized spacial score (nSPS) is 21.2. The maximum Gasteiger partial charge on any atom is 0.176 e. The van der Waals surface area contributed by atoms with Crippen molar-refractivity contribution in [2.45, 2.75) is 64.3 Å². The molecule has 1 aromatic heterocycles. The zero-order chi connectivity index (χ0) is 16.6. The number of aromatic nitrogens is 4. The van der Waals surface area contributed by atoms with Crippen LogP contribution in [0.5, 0.6) is 0 Å². The molecule has 2 fully saturated rings. The van der Waals surface area contributed by atoms with Gasteiger partial charge in [-0.2, -0.15) is 4.68 Å². The van der Waals surface area contributed by atoms with Crippen LogP contribution in [0, 0.1) is 13.8 Å². The van der Waals surface area contributed by atoms with Crippen LogP contribution < -0.4 is 0 Å². The number of hydrogen-bond acceptors (Lipinski definition) is 4. The third kappa shape index (κ3) is 2.55. The maximum atomic E-state index is 4.56. The lowest BCUT2D eigenvalue weighted by Gasteiger charge is -2.43. The Morgan fingerprint density at radius 3 is 2.42 bits per heavy atom. The van der Waals surface area contributed by atoms with Crippen LogP contribution in [-0.2, 0) is 5.54 Å². The van der Waals surface area contributed by atoms with Crippen LogP contribution in [0.1, 0.15) is 61.9 Å². The van der Waals surface area contributed by atoms with E-state index in [1.807, 2.05) is 4.68 Å². The van der Waals surface area contributed by atoms with E-state index in [2.05, 4.69) is 52.5 Å². The predicted octanol–water partition coefficient (Wildman–Crippen LogP) is 3.53. The summed E-state index contributed by atoms with van der Waals surface area (Å²) in [5.41, 5.74) is 3.65. The van der Waals surface area contributed by atoms with E-state index in [9.17, 15) is 0 Å². The third-order valence-corrected chi connectivity index (χ3v) is 5.86. The van der Waals surface area contributed by atoms with Crippen molar-refractivity contribution in [1.29, 1.82) is 0 Å². The van der Waals surface area contributed by atoms with E-state index < -0.39 is 0 Å². The molecule has 2 heterocycles. The average molecular weight is 325 g/mol. The number of rotatable bonds is 3. The second-order valence-electron chi connectivity index (χ2n) is 7.49. The topological polar surface area (TPSA) is 46.8 Å². The summed E-state index contributed by atoms with van der Waals surface area (Å²) >= 11 is 0. The van der Waals surface area contributed by atoms with Crippen molar-refractivity contribution < 1.29 is 0 Å². The van der Waals surface area contributed by atoms with E-state index in [0.29, 0.717) is 0 Å². The monoisotopic (exact) mass is 325 g/mol. The molecule has 24 heavy (non-hydrogen) atoms. The molecule has 0 N–H and O–H groups in total. The number of hydrogen-bond donors (Lipinski definition) is 0. The molecule has 1 saturated carbocycles. The lowest BCUT2D eigenvalue weighted by molar-refractivity contribution is 0.0595. The van der Waals surface area contributed by atoms with E-state index in [0.717, 1.165) is 11.5 Å². The van der Waals surface area contributed by atoms with Gasteiger partial charge in [0.05, 0.1) is 11.2 Å². The Kier molecular flexibility index (Phi) is 4.12. The van der Waals surface area contributed by atoms with E-state index in [-0.39, 0.29) is 5.54 Å². The molecule has 5 nitrogen and oxygen atoms in total. The van der Waals surface area contributed by atoms with Crippen LogP contribution in [0.3, 0.4) is 0 Å². The van der Waals surface area contributed by atoms with Gasteiger partial charge in [0.15, 0.2) is 5.82 Å². The Labute approximate surface area is 144 Å². The second-order valence-corrected chi connectivity index (χ2v) is 7.49. The zero-order valence-corrected chi connectivity index (χ0v) is 14.8. The number of benzene rings is 1. The van der Waals surface area contributed by atoms with Crippen LogP contribution >= 0.6 is 0 Å². The van der Waals surface area contributed by atoms with Gasteiger partial charge in [0.1, 0.15) is 0 Å². The molecule has 0 radical (unpaired) electrons. The average Bonchev–Trinajstić information content (AvgIpc) is 3.28. The van der Waals surface area contributed by atoms with Gasteiger partial charge in [-0.05, 0) is 74.7 Å². The molecule has 1 aliphatic carbocycles. The quantitative estimate of drug-likeness (QED) is 0.866. The van der Waals surface area contributed by atoms with Gasteiger partial charge < -0.3 is 0 Å². The van der Waals surface area contributed by atoms with Gasteiger partial charge in [-0.15, -0.1) is 5.10 Å². The molecular formula is C19H27N5. The lowest BCUT2D eigenvalue weighted by Crippen LogP contribution is -2.47. The minimum atomic E-state index is 0.0234. The number of likely N-dealkylation sites (tertiary alicyclic amines) is 1. The molecule has 5 heteroatoms. The molecule has 0 spiro atoms. The first-order valence-corrected chi connectivity index (χ1v) is 9.32.